The van der Waals surface area contributed by atoms with E-state index in [9.17, 15) is 18.0 Å². The predicted octanol–water partition coefficient (Wildman–Crippen LogP) is 0.778. The summed E-state index contributed by atoms with van der Waals surface area (Å²) in [5, 5.41) is 8.89. The smallest absolute Gasteiger partial charge is 0.323 e. The SMILES string of the molecule is CNS(=O)(=O)c1ccc(C(=O)N(CC(=O)O)CC(C)C)cc1. The highest BCUT2D eigenvalue weighted by Gasteiger charge is 2.20. The largest absolute Gasteiger partial charge is 0.480 e. The summed E-state index contributed by atoms with van der Waals surface area (Å²) in [4.78, 5) is 24.5. The highest BCUT2D eigenvalue weighted by atomic mass is 32.2. The maximum absolute atomic E-state index is 12.3. The first-order valence-electron chi connectivity index (χ1n) is 6.72. The number of rotatable bonds is 7. The quantitative estimate of drug-likeness (QED) is 0.770. The van der Waals surface area contributed by atoms with Crippen molar-refractivity contribution in [3.8, 4) is 0 Å². The highest BCUT2D eigenvalue weighted by Crippen LogP contribution is 2.13. The van der Waals surface area contributed by atoms with Crippen LogP contribution in [0.25, 0.3) is 0 Å². The molecular weight excluding hydrogens is 308 g/mol. The van der Waals surface area contributed by atoms with Gasteiger partial charge in [0.2, 0.25) is 10.0 Å². The van der Waals surface area contributed by atoms with E-state index in [2.05, 4.69) is 4.72 Å². The molecule has 1 aromatic rings. The monoisotopic (exact) mass is 328 g/mol. The molecule has 0 heterocycles. The standard InChI is InChI=1S/C14H20N2O5S/c1-10(2)8-16(9-13(17)18)14(19)11-4-6-12(7-5-11)22(20,21)15-3/h4-7,10,15H,8-9H2,1-3H3,(H,17,18). The Balaban J connectivity index is 3.02. The van der Waals surface area contributed by atoms with Crippen molar-refractivity contribution in [2.24, 2.45) is 5.92 Å². The van der Waals surface area contributed by atoms with Crippen LogP contribution in [0.2, 0.25) is 0 Å². The van der Waals surface area contributed by atoms with Crippen LogP contribution in [0.5, 0.6) is 0 Å². The number of carbonyl (C=O) groups is 2. The number of aliphatic carboxylic acids is 1. The number of benzene rings is 1. The summed E-state index contributed by atoms with van der Waals surface area (Å²) < 4.78 is 25.4. The van der Waals surface area contributed by atoms with E-state index in [1.165, 1.54) is 36.2 Å². The number of carboxylic acid groups (broad SMARTS) is 1. The van der Waals surface area contributed by atoms with E-state index in [0.29, 0.717) is 6.54 Å². The first kappa shape index (κ1) is 18.1. The predicted molar refractivity (Wildman–Crippen MR) is 81.1 cm³/mol. The fourth-order valence-corrected chi connectivity index (χ4v) is 2.63. The summed E-state index contributed by atoms with van der Waals surface area (Å²) in [7, 11) is -2.27. The summed E-state index contributed by atoms with van der Waals surface area (Å²) in [5.41, 5.74) is 0.247. The van der Waals surface area contributed by atoms with E-state index in [4.69, 9.17) is 5.11 Å². The lowest BCUT2D eigenvalue weighted by atomic mass is 10.1. The van der Waals surface area contributed by atoms with Gasteiger partial charge in [-0.3, -0.25) is 9.59 Å². The third-order valence-electron chi connectivity index (χ3n) is 2.88. The molecular formula is C14H20N2O5S. The minimum Gasteiger partial charge on any atom is -0.480 e. The van der Waals surface area contributed by atoms with Gasteiger partial charge in [0.25, 0.3) is 5.91 Å². The summed E-state index contributed by atoms with van der Waals surface area (Å²) in [5.74, 6) is -1.42. The number of sulfonamides is 1. The van der Waals surface area contributed by atoms with Gasteiger partial charge in [-0.25, -0.2) is 13.1 Å². The second-order valence-electron chi connectivity index (χ2n) is 5.21. The molecule has 0 aliphatic rings. The lowest BCUT2D eigenvalue weighted by molar-refractivity contribution is -0.137. The Bertz CT molecular complexity index is 638. The summed E-state index contributed by atoms with van der Waals surface area (Å²) >= 11 is 0. The zero-order valence-corrected chi connectivity index (χ0v) is 13.6. The van der Waals surface area contributed by atoms with Gasteiger partial charge in [0, 0.05) is 12.1 Å². The van der Waals surface area contributed by atoms with Crippen LogP contribution in [0.3, 0.4) is 0 Å². The molecule has 0 unspecified atom stereocenters. The van der Waals surface area contributed by atoms with Crippen LogP contribution in [0, 0.1) is 5.92 Å². The first-order valence-corrected chi connectivity index (χ1v) is 8.20. The van der Waals surface area contributed by atoms with Gasteiger partial charge in [-0.1, -0.05) is 13.8 Å². The van der Waals surface area contributed by atoms with Crippen LogP contribution in [0.1, 0.15) is 24.2 Å². The average Bonchev–Trinajstić information content (AvgIpc) is 2.45. The van der Waals surface area contributed by atoms with Crippen LogP contribution >= 0.6 is 0 Å². The van der Waals surface area contributed by atoms with E-state index in [-0.39, 0.29) is 16.4 Å². The van der Waals surface area contributed by atoms with Gasteiger partial charge >= 0.3 is 5.97 Å². The molecule has 2 N–H and O–H groups in total. The minimum atomic E-state index is -3.57. The number of carbonyl (C=O) groups excluding carboxylic acids is 1. The van der Waals surface area contributed by atoms with Gasteiger partial charge in [-0.2, -0.15) is 0 Å². The third kappa shape index (κ3) is 4.81. The van der Waals surface area contributed by atoms with Crippen molar-refractivity contribution in [1.29, 1.82) is 0 Å². The molecule has 1 rings (SSSR count). The molecule has 0 radical (unpaired) electrons. The lowest BCUT2D eigenvalue weighted by Crippen LogP contribution is -2.38. The molecule has 0 atom stereocenters. The number of hydrogen-bond donors (Lipinski definition) is 2. The van der Waals surface area contributed by atoms with E-state index in [1.807, 2.05) is 13.8 Å². The Labute approximate surface area is 130 Å². The van der Waals surface area contributed by atoms with Gasteiger partial charge in [-0.15, -0.1) is 0 Å². The molecule has 22 heavy (non-hydrogen) atoms. The Hall–Kier alpha value is -1.93. The second-order valence-corrected chi connectivity index (χ2v) is 7.09. The topological polar surface area (TPSA) is 104 Å². The van der Waals surface area contributed by atoms with Crippen molar-refractivity contribution in [1.82, 2.24) is 9.62 Å². The third-order valence-corrected chi connectivity index (χ3v) is 4.31. The molecule has 0 aromatic heterocycles. The summed E-state index contributed by atoms with van der Waals surface area (Å²) in [6.45, 7) is 3.67. The van der Waals surface area contributed by atoms with Gasteiger partial charge in [0.1, 0.15) is 6.54 Å². The van der Waals surface area contributed by atoms with Crippen molar-refractivity contribution in [3.05, 3.63) is 29.8 Å². The minimum absolute atomic E-state index is 0.0418. The molecule has 0 aliphatic heterocycles. The summed E-state index contributed by atoms with van der Waals surface area (Å²) in [6, 6.07) is 5.38. The molecule has 0 aliphatic carbocycles. The first-order chi connectivity index (χ1) is 10.2. The van der Waals surface area contributed by atoms with Crippen molar-refractivity contribution in [3.63, 3.8) is 0 Å². The Kier molecular flexibility index (Phi) is 6.07. The van der Waals surface area contributed by atoms with Crippen LogP contribution in [-0.4, -0.2) is 50.4 Å². The molecule has 8 heteroatoms. The zero-order valence-electron chi connectivity index (χ0n) is 12.7. The van der Waals surface area contributed by atoms with Crippen LogP contribution in [0.15, 0.2) is 29.2 Å². The molecule has 7 nitrogen and oxygen atoms in total. The second kappa shape index (κ2) is 7.37. The van der Waals surface area contributed by atoms with Gasteiger partial charge in [-0.05, 0) is 37.2 Å². The summed E-state index contributed by atoms with van der Waals surface area (Å²) in [6.07, 6.45) is 0. The highest BCUT2D eigenvalue weighted by molar-refractivity contribution is 7.89. The molecule has 0 fully saturated rings. The lowest BCUT2D eigenvalue weighted by Gasteiger charge is -2.22. The van der Waals surface area contributed by atoms with Crippen molar-refractivity contribution >= 4 is 21.9 Å². The Morgan fingerprint density at radius 3 is 2.18 bits per heavy atom. The molecule has 0 bridgehead atoms. The van der Waals surface area contributed by atoms with Crippen LogP contribution < -0.4 is 4.72 Å². The fraction of sp³-hybridized carbons (Fsp3) is 0.429. The fourth-order valence-electron chi connectivity index (χ4n) is 1.90. The molecule has 0 saturated heterocycles. The van der Waals surface area contributed by atoms with Crippen molar-refractivity contribution in [2.75, 3.05) is 20.1 Å². The van der Waals surface area contributed by atoms with E-state index >= 15 is 0 Å². The number of carboxylic acids is 1. The van der Waals surface area contributed by atoms with Crippen molar-refractivity contribution in [2.45, 2.75) is 18.7 Å². The van der Waals surface area contributed by atoms with Crippen LogP contribution in [-0.2, 0) is 14.8 Å². The van der Waals surface area contributed by atoms with Gasteiger partial charge in [0.05, 0.1) is 4.90 Å². The Morgan fingerprint density at radius 2 is 1.77 bits per heavy atom. The van der Waals surface area contributed by atoms with E-state index in [1.54, 1.807) is 0 Å². The van der Waals surface area contributed by atoms with E-state index < -0.39 is 28.4 Å². The number of hydrogen-bond acceptors (Lipinski definition) is 4. The normalized spacial score (nSPS) is 11.5. The maximum Gasteiger partial charge on any atom is 0.323 e. The number of nitrogens with one attached hydrogen (secondary N) is 1. The molecule has 1 amide bonds. The van der Waals surface area contributed by atoms with Crippen molar-refractivity contribution < 1.29 is 23.1 Å². The van der Waals surface area contributed by atoms with E-state index in [0.717, 1.165) is 0 Å². The zero-order chi connectivity index (χ0) is 16.9. The van der Waals surface area contributed by atoms with Crippen LogP contribution in [0.4, 0.5) is 0 Å². The van der Waals surface area contributed by atoms with Gasteiger partial charge in [0.15, 0.2) is 0 Å². The number of amides is 1. The maximum atomic E-state index is 12.3. The number of nitrogens with zero attached hydrogens (tertiary/aromatic N) is 1. The molecule has 0 spiro atoms. The molecule has 122 valence electrons. The average molecular weight is 328 g/mol. The Morgan fingerprint density at radius 1 is 1.23 bits per heavy atom. The molecule has 1 aromatic carbocycles. The van der Waals surface area contributed by atoms with Gasteiger partial charge < -0.3 is 10.0 Å². The molecule has 0 saturated carbocycles.